The minimum atomic E-state index is -0.374. The van der Waals surface area contributed by atoms with Crippen LogP contribution in [0.1, 0.15) is 0 Å². The molecule has 0 bridgehead atoms. The monoisotopic (exact) mass is 361 g/mol. The van der Waals surface area contributed by atoms with Crippen molar-refractivity contribution in [2.24, 2.45) is 0 Å². The van der Waals surface area contributed by atoms with Gasteiger partial charge in [-0.1, -0.05) is 29.8 Å². The minimum Gasteiger partial charge on any atom is -0.492 e. The first-order valence-corrected chi connectivity index (χ1v) is 8.60. The largest absolute Gasteiger partial charge is 0.492 e. The number of benzene rings is 2. The fourth-order valence-corrected chi connectivity index (χ4v) is 3.10. The van der Waals surface area contributed by atoms with Crippen LogP contribution in [-0.4, -0.2) is 49.2 Å². The molecular weight excluding hydrogens is 342 g/mol. The van der Waals surface area contributed by atoms with Crippen molar-refractivity contribution in [3.63, 3.8) is 0 Å². The molecule has 0 radical (unpaired) electrons. The van der Waals surface area contributed by atoms with E-state index < -0.39 is 0 Å². The number of hydrogen-bond donors (Lipinski definition) is 0. The Morgan fingerprint density at radius 1 is 1.08 bits per heavy atom. The van der Waals surface area contributed by atoms with E-state index in [2.05, 4.69) is 4.90 Å². The van der Waals surface area contributed by atoms with E-state index in [1.807, 2.05) is 35.2 Å². The molecule has 0 aliphatic carbocycles. The maximum Gasteiger partial charge on any atom is 0.294 e. The van der Waals surface area contributed by atoms with Gasteiger partial charge in [0.25, 0.3) is 5.69 Å². The van der Waals surface area contributed by atoms with Gasteiger partial charge in [0.05, 0.1) is 4.92 Å². The van der Waals surface area contributed by atoms with Crippen LogP contribution in [0, 0.1) is 10.1 Å². The number of nitro groups is 1. The molecule has 7 heteroatoms. The Bertz CT molecular complexity index is 719. The number of nitro benzene ring substituents is 1. The van der Waals surface area contributed by atoms with Crippen molar-refractivity contribution in [1.82, 2.24) is 4.90 Å². The summed E-state index contributed by atoms with van der Waals surface area (Å²) < 4.78 is 5.72. The number of nitrogens with zero attached hydrogens (tertiary/aromatic N) is 3. The predicted molar refractivity (Wildman–Crippen MR) is 98.7 cm³/mol. The fourth-order valence-electron chi connectivity index (χ4n) is 2.93. The average molecular weight is 362 g/mol. The Morgan fingerprint density at radius 3 is 2.48 bits per heavy atom. The molecule has 0 atom stereocenters. The molecule has 0 N–H and O–H groups in total. The maximum absolute atomic E-state index is 11.3. The summed E-state index contributed by atoms with van der Waals surface area (Å²) in [4.78, 5) is 15.2. The number of ether oxygens (including phenoxy) is 1. The molecule has 132 valence electrons. The van der Waals surface area contributed by atoms with Crippen molar-refractivity contribution in [1.29, 1.82) is 0 Å². The standard InChI is InChI=1S/C18H20ClN3O3/c19-15-6-7-17(18(14-15)22(23)24)21-10-8-20(9-11-21)12-13-25-16-4-2-1-3-5-16/h1-7,14H,8-13H2. The zero-order valence-corrected chi connectivity index (χ0v) is 14.6. The molecule has 1 heterocycles. The molecule has 1 saturated heterocycles. The van der Waals surface area contributed by atoms with Crippen LogP contribution in [-0.2, 0) is 0 Å². The highest BCUT2D eigenvalue weighted by Gasteiger charge is 2.23. The SMILES string of the molecule is O=[N+]([O-])c1cc(Cl)ccc1N1CCN(CCOc2ccccc2)CC1. The van der Waals surface area contributed by atoms with Gasteiger partial charge in [-0.2, -0.15) is 0 Å². The lowest BCUT2D eigenvalue weighted by atomic mass is 10.2. The molecule has 0 aromatic heterocycles. The summed E-state index contributed by atoms with van der Waals surface area (Å²) in [7, 11) is 0. The van der Waals surface area contributed by atoms with Crippen LogP contribution in [0.25, 0.3) is 0 Å². The molecular formula is C18H20ClN3O3. The summed E-state index contributed by atoms with van der Waals surface area (Å²) >= 11 is 5.89. The molecule has 0 amide bonds. The third-order valence-electron chi connectivity index (χ3n) is 4.27. The Hall–Kier alpha value is -2.31. The molecule has 3 rings (SSSR count). The minimum absolute atomic E-state index is 0.0633. The van der Waals surface area contributed by atoms with Crippen LogP contribution in [0.4, 0.5) is 11.4 Å². The smallest absolute Gasteiger partial charge is 0.294 e. The first-order chi connectivity index (χ1) is 12.1. The summed E-state index contributed by atoms with van der Waals surface area (Å²) in [5, 5.41) is 11.6. The summed E-state index contributed by atoms with van der Waals surface area (Å²) in [6, 6.07) is 14.6. The number of hydrogen-bond acceptors (Lipinski definition) is 5. The number of halogens is 1. The first-order valence-electron chi connectivity index (χ1n) is 8.22. The van der Waals surface area contributed by atoms with E-state index in [0.717, 1.165) is 38.5 Å². The second-order valence-electron chi connectivity index (χ2n) is 5.88. The lowest BCUT2D eigenvalue weighted by molar-refractivity contribution is -0.384. The van der Waals surface area contributed by atoms with Gasteiger partial charge in [0.1, 0.15) is 18.0 Å². The van der Waals surface area contributed by atoms with Crippen LogP contribution >= 0.6 is 11.6 Å². The molecule has 2 aromatic rings. The Morgan fingerprint density at radius 2 is 1.80 bits per heavy atom. The normalized spacial score (nSPS) is 15.2. The lowest BCUT2D eigenvalue weighted by Crippen LogP contribution is -2.47. The van der Waals surface area contributed by atoms with E-state index in [-0.39, 0.29) is 10.6 Å². The summed E-state index contributed by atoms with van der Waals surface area (Å²) in [6.07, 6.45) is 0. The van der Waals surface area contributed by atoms with E-state index >= 15 is 0 Å². The molecule has 1 aliphatic heterocycles. The summed E-state index contributed by atoms with van der Waals surface area (Å²) in [6.45, 7) is 4.65. The first kappa shape index (κ1) is 17.5. The van der Waals surface area contributed by atoms with E-state index in [0.29, 0.717) is 17.3 Å². The van der Waals surface area contributed by atoms with E-state index in [1.165, 1.54) is 6.07 Å². The Kier molecular flexibility index (Phi) is 5.73. The van der Waals surface area contributed by atoms with Crippen LogP contribution in [0.3, 0.4) is 0 Å². The zero-order valence-electron chi connectivity index (χ0n) is 13.8. The quantitative estimate of drug-likeness (QED) is 0.582. The third kappa shape index (κ3) is 4.61. The van der Waals surface area contributed by atoms with E-state index in [1.54, 1.807) is 12.1 Å². The van der Waals surface area contributed by atoms with Gasteiger partial charge in [-0.05, 0) is 24.3 Å². The highest BCUT2D eigenvalue weighted by Crippen LogP contribution is 2.31. The van der Waals surface area contributed by atoms with Crippen LogP contribution in [0.2, 0.25) is 5.02 Å². The van der Waals surface area contributed by atoms with Gasteiger partial charge in [0.15, 0.2) is 0 Å². The van der Waals surface area contributed by atoms with Gasteiger partial charge < -0.3 is 9.64 Å². The maximum atomic E-state index is 11.3. The molecule has 6 nitrogen and oxygen atoms in total. The molecule has 1 fully saturated rings. The Balaban J connectivity index is 1.51. The second kappa shape index (κ2) is 8.18. The van der Waals surface area contributed by atoms with Crippen LogP contribution in [0.5, 0.6) is 5.75 Å². The zero-order chi connectivity index (χ0) is 17.6. The summed E-state index contributed by atoms with van der Waals surface area (Å²) in [5.74, 6) is 0.873. The third-order valence-corrected chi connectivity index (χ3v) is 4.50. The van der Waals surface area contributed by atoms with Crippen molar-refractivity contribution < 1.29 is 9.66 Å². The molecule has 25 heavy (non-hydrogen) atoms. The predicted octanol–water partition coefficient (Wildman–Crippen LogP) is 3.45. The van der Waals surface area contributed by atoms with E-state index in [4.69, 9.17) is 16.3 Å². The average Bonchev–Trinajstić information content (AvgIpc) is 2.63. The molecule has 0 unspecified atom stereocenters. The van der Waals surface area contributed by atoms with Crippen molar-refractivity contribution in [3.8, 4) is 5.75 Å². The van der Waals surface area contributed by atoms with Crippen LogP contribution in [0.15, 0.2) is 48.5 Å². The Labute approximate surface area is 151 Å². The second-order valence-corrected chi connectivity index (χ2v) is 6.32. The van der Waals surface area contributed by atoms with Gasteiger partial charge in [-0.3, -0.25) is 15.0 Å². The molecule has 0 spiro atoms. The van der Waals surface area contributed by atoms with Gasteiger partial charge in [0.2, 0.25) is 0 Å². The molecule has 1 aliphatic rings. The van der Waals surface area contributed by atoms with Crippen molar-refractivity contribution in [3.05, 3.63) is 63.7 Å². The van der Waals surface area contributed by atoms with Crippen molar-refractivity contribution in [2.75, 3.05) is 44.2 Å². The van der Waals surface area contributed by atoms with Crippen molar-refractivity contribution in [2.45, 2.75) is 0 Å². The van der Waals surface area contributed by atoms with Crippen LogP contribution < -0.4 is 9.64 Å². The topological polar surface area (TPSA) is 58.9 Å². The van der Waals surface area contributed by atoms with Gasteiger partial charge in [-0.15, -0.1) is 0 Å². The van der Waals surface area contributed by atoms with Gasteiger partial charge in [0, 0.05) is 43.8 Å². The number of anilines is 1. The fraction of sp³-hybridized carbons (Fsp3) is 0.333. The van der Waals surface area contributed by atoms with E-state index in [9.17, 15) is 10.1 Å². The molecule has 2 aromatic carbocycles. The highest BCUT2D eigenvalue weighted by atomic mass is 35.5. The van der Waals surface area contributed by atoms with Gasteiger partial charge >= 0.3 is 0 Å². The van der Waals surface area contributed by atoms with Gasteiger partial charge in [-0.25, -0.2) is 0 Å². The number of para-hydroxylation sites is 1. The number of piperazine rings is 1. The molecule has 0 saturated carbocycles. The number of rotatable bonds is 6. The lowest BCUT2D eigenvalue weighted by Gasteiger charge is -2.35. The highest BCUT2D eigenvalue weighted by molar-refractivity contribution is 6.30. The van der Waals surface area contributed by atoms with Crippen molar-refractivity contribution >= 4 is 23.0 Å². The summed E-state index contributed by atoms with van der Waals surface area (Å²) in [5.41, 5.74) is 0.697.